The zero-order chi connectivity index (χ0) is 11.4. The van der Waals surface area contributed by atoms with Crippen molar-refractivity contribution < 1.29 is 0 Å². The van der Waals surface area contributed by atoms with Gasteiger partial charge in [-0.15, -0.1) is 0 Å². The maximum atomic E-state index is 6.05. The first-order chi connectivity index (χ1) is 7.77. The van der Waals surface area contributed by atoms with Crippen molar-refractivity contribution in [1.29, 1.82) is 0 Å². The highest BCUT2D eigenvalue weighted by Gasteiger charge is 2.16. The Labute approximate surface area is 101 Å². The number of halogens is 1. The van der Waals surface area contributed by atoms with Crippen molar-refractivity contribution >= 4 is 17.4 Å². The summed E-state index contributed by atoms with van der Waals surface area (Å²) in [4.78, 5) is 10.2. The van der Waals surface area contributed by atoms with Crippen LogP contribution < -0.4 is 10.2 Å². The molecule has 0 aliphatic carbocycles. The summed E-state index contributed by atoms with van der Waals surface area (Å²) in [5.41, 5.74) is 0. The van der Waals surface area contributed by atoms with Gasteiger partial charge in [0, 0.05) is 13.6 Å². The standard InChI is InChI=1S/C11H17ClN4/c1-16(7-9-3-2-4-13-5-9)11-10(12)6-14-8-15-11/h6,8-9,13H,2-5,7H2,1H3. The molecule has 0 amide bonds. The summed E-state index contributed by atoms with van der Waals surface area (Å²) in [7, 11) is 2.03. The van der Waals surface area contributed by atoms with E-state index < -0.39 is 0 Å². The van der Waals surface area contributed by atoms with Crippen LogP contribution in [-0.2, 0) is 0 Å². The molecule has 2 heterocycles. The molecule has 1 atom stereocenters. The third-order valence-corrected chi connectivity index (χ3v) is 3.21. The fraction of sp³-hybridized carbons (Fsp3) is 0.636. The molecule has 0 aromatic carbocycles. The maximum absolute atomic E-state index is 6.05. The van der Waals surface area contributed by atoms with Crippen LogP contribution in [0, 0.1) is 5.92 Å². The van der Waals surface area contributed by atoms with Crippen LogP contribution in [0.15, 0.2) is 12.5 Å². The molecule has 1 unspecified atom stereocenters. The van der Waals surface area contributed by atoms with E-state index in [9.17, 15) is 0 Å². The molecule has 0 radical (unpaired) electrons. The van der Waals surface area contributed by atoms with Crippen LogP contribution in [0.5, 0.6) is 0 Å². The van der Waals surface area contributed by atoms with Crippen LogP contribution in [0.3, 0.4) is 0 Å². The molecule has 0 bridgehead atoms. The molecule has 1 aromatic heterocycles. The molecule has 1 aliphatic rings. The molecule has 5 heteroatoms. The van der Waals surface area contributed by atoms with Crippen LogP contribution >= 0.6 is 11.6 Å². The third-order valence-electron chi connectivity index (χ3n) is 2.94. The zero-order valence-corrected chi connectivity index (χ0v) is 10.2. The van der Waals surface area contributed by atoms with Crippen molar-refractivity contribution in [2.24, 2.45) is 5.92 Å². The second-order valence-corrected chi connectivity index (χ2v) is 4.69. The average molecular weight is 241 g/mol. The number of nitrogens with one attached hydrogen (secondary N) is 1. The first kappa shape index (κ1) is 11.6. The number of nitrogens with zero attached hydrogens (tertiary/aromatic N) is 3. The second kappa shape index (κ2) is 5.46. The number of hydrogen-bond donors (Lipinski definition) is 1. The van der Waals surface area contributed by atoms with Gasteiger partial charge in [-0.25, -0.2) is 9.97 Å². The average Bonchev–Trinajstić information content (AvgIpc) is 2.31. The molecule has 1 aromatic rings. The molecule has 0 spiro atoms. The number of hydrogen-bond acceptors (Lipinski definition) is 4. The molecule has 16 heavy (non-hydrogen) atoms. The minimum Gasteiger partial charge on any atom is -0.358 e. The Hall–Kier alpha value is -0.870. The van der Waals surface area contributed by atoms with E-state index in [1.165, 1.54) is 19.2 Å². The zero-order valence-electron chi connectivity index (χ0n) is 9.49. The molecular formula is C11H17ClN4. The van der Waals surface area contributed by atoms with E-state index in [2.05, 4.69) is 20.2 Å². The summed E-state index contributed by atoms with van der Waals surface area (Å²) in [6.07, 6.45) is 5.71. The SMILES string of the molecule is CN(CC1CCCNC1)c1ncncc1Cl. The molecule has 0 saturated carbocycles. The molecular weight excluding hydrogens is 224 g/mol. The van der Waals surface area contributed by atoms with Crippen molar-refractivity contribution in [2.45, 2.75) is 12.8 Å². The highest BCUT2D eigenvalue weighted by atomic mass is 35.5. The fourth-order valence-electron chi connectivity index (χ4n) is 2.14. The number of aromatic nitrogens is 2. The lowest BCUT2D eigenvalue weighted by Gasteiger charge is -2.28. The predicted octanol–water partition coefficient (Wildman–Crippen LogP) is 1.57. The van der Waals surface area contributed by atoms with E-state index in [-0.39, 0.29) is 0 Å². The van der Waals surface area contributed by atoms with Crippen LogP contribution in [-0.4, -0.2) is 36.6 Å². The molecule has 4 nitrogen and oxygen atoms in total. The fourth-order valence-corrected chi connectivity index (χ4v) is 2.39. The molecule has 2 rings (SSSR count). The van der Waals surface area contributed by atoms with Gasteiger partial charge in [-0.1, -0.05) is 11.6 Å². The van der Waals surface area contributed by atoms with E-state index in [1.54, 1.807) is 6.20 Å². The van der Waals surface area contributed by atoms with Crippen molar-refractivity contribution in [3.8, 4) is 0 Å². The van der Waals surface area contributed by atoms with E-state index in [1.807, 2.05) is 7.05 Å². The van der Waals surface area contributed by atoms with Gasteiger partial charge in [0.05, 0.1) is 6.20 Å². The highest BCUT2D eigenvalue weighted by Crippen LogP contribution is 2.22. The monoisotopic (exact) mass is 240 g/mol. The van der Waals surface area contributed by atoms with Gasteiger partial charge in [0.15, 0.2) is 5.82 Å². The van der Waals surface area contributed by atoms with Gasteiger partial charge >= 0.3 is 0 Å². The minimum atomic E-state index is 0.619. The first-order valence-corrected chi connectivity index (χ1v) is 6.02. The molecule has 88 valence electrons. The second-order valence-electron chi connectivity index (χ2n) is 4.29. The summed E-state index contributed by atoms with van der Waals surface area (Å²) in [6.45, 7) is 3.23. The molecule has 1 fully saturated rings. The normalized spacial score (nSPS) is 20.8. The maximum Gasteiger partial charge on any atom is 0.150 e. The van der Waals surface area contributed by atoms with Crippen LogP contribution in [0.4, 0.5) is 5.82 Å². The van der Waals surface area contributed by atoms with E-state index in [4.69, 9.17) is 11.6 Å². The Morgan fingerprint density at radius 1 is 1.62 bits per heavy atom. The summed E-state index contributed by atoms with van der Waals surface area (Å²) in [6, 6.07) is 0. The molecule has 1 saturated heterocycles. The lowest BCUT2D eigenvalue weighted by atomic mass is 9.99. The van der Waals surface area contributed by atoms with Gasteiger partial charge in [-0.3, -0.25) is 0 Å². The lowest BCUT2D eigenvalue weighted by Crippen LogP contribution is -2.37. The van der Waals surface area contributed by atoms with Crippen molar-refractivity contribution in [3.05, 3.63) is 17.5 Å². The molecule has 1 aliphatic heterocycles. The Balaban J connectivity index is 1.96. The van der Waals surface area contributed by atoms with Crippen molar-refractivity contribution in [2.75, 3.05) is 31.6 Å². The lowest BCUT2D eigenvalue weighted by molar-refractivity contribution is 0.380. The minimum absolute atomic E-state index is 0.619. The van der Waals surface area contributed by atoms with Gasteiger partial charge in [-0.05, 0) is 31.8 Å². The summed E-state index contributed by atoms with van der Waals surface area (Å²) in [5, 5.41) is 4.03. The van der Waals surface area contributed by atoms with Gasteiger partial charge in [-0.2, -0.15) is 0 Å². The summed E-state index contributed by atoms with van der Waals surface area (Å²) >= 11 is 6.05. The van der Waals surface area contributed by atoms with Gasteiger partial charge < -0.3 is 10.2 Å². The Bertz CT molecular complexity index is 339. The number of rotatable bonds is 3. The third kappa shape index (κ3) is 2.83. The predicted molar refractivity (Wildman–Crippen MR) is 65.9 cm³/mol. The largest absolute Gasteiger partial charge is 0.358 e. The first-order valence-electron chi connectivity index (χ1n) is 5.64. The Kier molecular flexibility index (Phi) is 3.96. The van der Waals surface area contributed by atoms with E-state index >= 15 is 0 Å². The van der Waals surface area contributed by atoms with Crippen LogP contribution in [0.25, 0.3) is 0 Å². The number of piperidine rings is 1. The smallest absolute Gasteiger partial charge is 0.150 e. The molecule has 1 N–H and O–H groups in total. The van der Waals surface area contributed by atoms with Crippen molar-refractivity contribution in [1.82, 2.24) is 15.3 Å². The van der Waals surface area contributed by atoms with Gasteiger partial charge in [0.1, 0.15) is 11.3 Å². The topological polar surface area (TPSA) is 41.0 Å². The van der Waals surface area contributed by atoms with Crippen LogP contribution in [0.2, 0.25) is 5.02 Å². The number of anilines is 1. The quantitative estimate of drug-likeness (QED) is 0.871. The van der Waals surface area contributed by atoms with Crippen molar-refractivity contribution in [3.63, 3.8) is 0 Å². The van der Waals surface area contributed by atoms with E-state index in [0.29, 0.717) is 10.9 Å². The van der Waals surface area contributed by atoms with E-state index in [0.717, 1.165) is 25.5 Å². The Morgan fingerprint density at radius 3 is 3.19 bits per heavy atom. The van der Waals surface area contributed by atoms with Gasteiger partial charge in [0.25, 0.3) is 0 Å². The summed E-state index contributed by atoms with van der Waals surface area (Å²) < 4.78 is 0. The van der Waals surface area contributed by atoms with Crippen LogP contribution in [0.1, 0.15) is 12.8 Å². The summed E-state index contributed by atoms with van der Waals surface area (Å²) in [5.74, 6) is 1.51. The highest BCUT2D eigenvalue weighted by molar-refractivity contribution is 6.32. The van der Waals surface area contributed by atoms with Gasteiger partial charge in [0.2, 0.25) is 0 Å². The Morgan fingerprint density at radius 2 is 2.50 bits per heavy atom.